The summed E-state index contributed by atoms with van der Waals surface area (Å²) in [5.74, 6) is -0.158. The summed E-state index contributed by atoms with van der Waals surface area (Å²) in [5, 5.41) is 3.38. The maximum atomic E-state index is 13.3. The molecule has 0 aliphatic heterocycles. The molecule has 0 aliphatic carbocycles. The molecule has 1 aromatic rings. The molecule has 0 amide bonds. The first-order valence-corrected chi connectivity index (χ1v) is 6.93. The smallest absolute Gasteiger partial charge is 0.139 e. The van der Waals surface area contributed by atoms with E-state index >= 15 is 0 Å². The minimum Gasteiger partial charge on any atom is -0.314 e. The van der Waals surface area contributed by atoms with Gasteiger partial charge in [0.05, 0.1) is 0 Å². The normalized spacial score (nSPS) is 12.7. The molecule has 0 radical (unpaired) electrons. The Kier molecular flexibility index (Phi) is 6.52. The summed E-state index contributed by atoms with van der Waals surface area (Å²) in [4.78, 5) is 0.522. The number of hydrogen-bond acceptors (Lipinski definition) is 2. The van der Waals surface area contributed by atoms with Crippen molar-refractivity contribution in [1.82, 2.24) is 5.32 Å². The lowest BCUT2D eigenvalue weighted by molar-refractivity contribution is 0.535. The van der Waals surface area contributed by atoms with Crippen LogP contribution >= 0.6 is 11.8 Å². The van der Waals surface area contributed by atoms with E-state index < -0.39 is 11.6 Å². The van der Waals surface area contributed by atoms with Crippen LogP contribution in [0.2, 0.25) is 0 Å². The molecular formula is C13H19F2NS. The molecule has 1 aromatic carbocycles. The van der Waals surface area contributed by atoms with E-state index in [4.69, 9.17) is 0 Å². The molecule has 1 nitrogen and oxygen atoms in total. The largest absolute Gasteiger partial charge is 0.314 e. The fourth-order valence-electron chi connectivity index (χ4n) is 1.43. The first-order valence-electron chi connectivity index (χ1n) is 5.94. The van der Waals surface area contributed by atoms with Crippen LogP contribution in [0.3, 0.4) is 0 Å². The van der Waals surface area contributed by atoms with Crippen molar-refractivity contribution < 1.29 is 8.78 Å². The van der Waals surface area contributed by atoms with Crippen LogP contribution in [-0.2, 0) is 0 Å². The molecule has 0 fully saturated rings. The molecule has 96 valence electrons. The Bertz CT molecular complexity index is 344. The summed E-state index contributed by atoms with van der Waals surface area (Å²) in [5.41, 5.74) is 0. The van der Waals surface area contributed by atoms with Crippen molar-refractivity contribution in [2.75, 3.05) is 12.3 Å². The molecule has 0 spiro atoms. The zero-order chi connectivity index (χ0) is 12.7. The average Bonchev–Trinajstić information content (AvgIpc) is 2.29. The highest BCUT2D eigenvalue weighted by atomic mass is 32.2. The van der Waals surface area contributed by atoms with E-state index in [-0.39, 0.29) is 0 Å². The quantitative estimate of drug-likeness (QED) is 0.747. The van der Waals surface area contributed by atoms with Crippen LogP contribution in [0.4, 0.5) is 8.78 Å². The summed E-state index contributed by atoms with van der Waals surface area (Å²) >= 11 is 1.44. The highest BCUT2D eigenvalue weighted by Crippen LogP contribution is 2.23. The van der Waals surface area contributed by atoms with Gasteiger partial charge in [-0.1, -0.05) is 6.92 Å². The lowest BCUT2D eigenvalue weighted by Gasteiger charge is -2.12. The Morgan fingerprint density at radius 3 is 2.76 bits per heavy atom. The van der Waals surface area contributed by atoms with Crippen molar-refractivity contribution >= 4 is 11.8 Å². The van der Waals surface area contributed by atoms with Gasteiger partial charge in [-0.05, 0) is 44.2 Å². The number of nitrogens with one attached hydrogen (secondary N) is 1. The van der Waals surface area contributed by atoms with Crippen molar-refractivity contribution in [3.63, 3.8) is 0 Å². The second-order valence-corrected chi connectivity index (χ2v) is 5.20. The van der Waals surface area contributed by atoms with Crippen LogP contribution in [0.1, 0.15) is 26.7 Å². The Morgan fingerprint density at radius 2 is 2.12 bits per heavy atom. The topological polar surface area (TPSA) is 12.0 Å². The maximum absolute atomic E-state index is 13.3. The van der Waals surface area contributed by atoms with Crippen LogP contribution in [0, 0.1) is 11.6 Å². The number of halogens is 2. The van der Waals surface area contributed by atoms with Crippen LogP contribution in [0.15, 0.2) is 23.1 Å². The zero-order valence-electron chi connectivity index (χ0n) is 10.3. The second kappa shape index (κ2) is 7.67. The van der Waals surface area contributed by atoms with Gasteiger partial charge in [0.2, 0.25) is 0 Å². The molecule has 4 heteroatoms. The summed E-state index contributed by atoms with van der Waals surface area (Å²) < 4.78 is 26.0. The zero-order valence-corrected chi connectivity index (χ0v) is 11.1. The highest BCUT2D eigenvalue weighted by Gasteiger charge is 2.05. The Balaban J connectivity index is 2.30. The van der Waals surface area contributed by atoms with Gasteiger partial charge in [0, 0.05) is 17.0 Å². The summed E-state index contributed by atoms with van der Waals surface area (Å²) in [6.07, 6.45) is 2.09. The standard InChI is InChI=1S/C13H19F2NS/c1-3-7-16-10(2)6-8-17-13-5-4-11(14)9-12(13)15/h4-5,9-10,16H,3,6-8H2,1-2H3. The fraction of sp³-hybridized carbons (Fsp3) is 0.538. The summed E-state index contributed by atoms with van der Waals surface area (Å²) in [6.45, 7) is 5.26. The molecule has 0 bridgehead atoms. The number of hydrogen-bond donors (Lipinski definition) is 1. The van der Waals surface area contributed by atoms with Gasteiger partial charge in [-0.2, -0.15) is 0 Å². The van der Waals surface area contributed by atoms with Crippen LogP contribution < -0.4 is 5.32 Å². The van der Waals surface area contributed by atoms with Gasteiger partial charge < -0.3 is 5.32 Å². The average molecular weight is 259 g/mol. The van der Waals surface area contributed by atoms with E-state index in [2.05, 4.69) is 19.2 Å². The van der Waals surface area contributed by atoms with Gasteiger partial charge in [0.1, 0.15) is 11.6 Å². The van der Waals surface area contributed by atoms with Gasteiger partial charge in [-0.25, -0.2) is 8.78 Å². The van der Waals surface area contributed by atoms with Gasteiger partial charge in [0.25, 0.3) is 0 Å². The van der Waals surface area contributed by atoms with Crippen molar-refractivity contribution in [3.05, 3.63) is 29.8 Å². The highest BCUT2D eigenvalue weighted by molar-refractivity contribution is 7.99. The third-order valence-electron chi connectivity index (χ3n) is 2.45. The van der Waals surface area contributed by atoms with Crippen LogP contribution in [-0.4, -0.2) is 18.3 Å². The van der Waals surface area contributed by atoms with E-state index in [1.807, 2.05) is 0 Å². The SMILES string of the molecule is CCCNC(C)CCSc1ccc(F)cc1F. The van der Waals surface area contributed by atoms with E-state index in [9.17, 15) is 8.78 Å². The third-order valence-corrected chi connectivity index (χ3v) is 3.53. The Labute approximate surface area is 106 Å². The number of thioether (sulfide) groups is 1. The minimum absolute atomic E-state index is 0.436. The second-order valence-electron chi connectivity index (χ2n) is 4.07. The molecule has 1 atom stereocenters. The van der Waals surface area contributed by atoms with E-state index in [0.717, 1.165) is 31.2 Å². The number of rotatable bonds is 7. The first-order chi connectivity index (χ1) is 8.13. The maximum Gasteiger partial charge on any atom is 0.139 e. The third kappa shape index (κ3) is 5.50. The van der Waals surface area contributed by atoms with Gasteiger partial charge >= 0.3 is 0 Å². The van der Waals surface area contributed by atoms with Gasteiger partial charge in [-0.15, -0.1) is 11.8 Å². The lowest BCUT2D eigenvalue weighted by atomic mass is 10.2. The van der Waals surface area contributed by atoms with Crippen LogP contribution in [0.5, 0.6) is 0 Å². The van der Waals surface area contributed by atoms with Crippen molar-refractivity contribution in [3.8, 4) is 0 Å². The van der Waals surface area contributed by atoms with E-state index in [0.29, 0.717) is 10.9 Å². The van der Waals surface area contributed by atoms with Gasteiger partial charge in [-0.3, -0.25) is 0 Å². The molecule has 0 saturated carbocycles. The Morgan fingerprint density at radius 1 is 1.35 bits per heavy atom. The molecule has 17 heavy (non-hydrogen) atoms. The minimum atomic E-state index is -0.523. The molecular weight excluding hydrogens is 240 g/mol. The molecule has 0 heterocycles. The predicted octanol–water partition coefficient (Wildman–Crippen LogP) is 3.84. The molecule has 1 rings (SSSR count). The molecule has 1 N–H and O–H groups in total. The van der Waals surface area contributed by atoms with Crippen molar-refractivity contribution in [1.29, 1.82) is 0 Å². The predicted molar refractivity (Wildman–Crippen MR) is 69.5 cm³/mol. The summed E-state index contributed by atoms with van der Waals surface area (Å²) in [7, 11) is 0. The van der Waals surface area contributed by atoms with Crippen molar-refractivity contribution in [2.45, 2.75) is 37.6 Å². The van der Waals surface area contributed by atoms with Crippen LogP contribution in [0.25, 0.3) is 0 Å². The van der Waals surface area contributed by atoms with E-state index in [1.54, 1.807) is 0 Å². The van der Waals surface area contributed by atoms with Crippen molar-refractivity contribution in [2.24, 2.45) is 0 Å². The lowest BCUT2D eigenvalue weighted by Crippen LogP contribution is -2.27. The monoisotopic (exact) mass is 259 g/mol. The molecule has 0 aliphatic rings. The Hall–Kier alpha value is -0.610. The van der Waals surface area contributed by atoms with Gasteiger partial charge in [0.15, 0.2) is 0 Å². The molecule has 0 aromatic heterocycles. The summed E-state index contributed by atoms with van der Waals surface area (Å²) in [6, 6.07) is 4.16. The molecule has 1 unspecified atom stereocenters. The molecule has 0 saturated heterocycles. The first kappa shape index (κ1) is 14.5. The fourth-order valence-corrected chi connectivity index (χ4v) is 2.48. The number of benzene rings is 1. The van der Waals surface area contributed by atoms with E-state index in [1.165, 1.54) is 23.9 Å².